The zero-order valence-corrected chi connectivity index (χ0v) is 8.97. The highest BCUT2D eigenvalue weighted by Crippen LogP contribution is 2.27. The maximum atomic E-state index is 10.7. The van der Waals surface area contributed by atoms with Crippen LogP contribution in [0.1, 0.15) is 24.3 Å². The molecular weight excluding hydrogens is 206 g/mol. The molecule has 1 aromatic heterocycles. The van der Waals surface area contributed by atoms with Gasteiger partial charge < -0.3 is 15.7 Å². The first-order valence-corrected chi connectivity index (χ1v) is 5.36. The van der Waals surface area contributed by atoms with Gasteiger partial charge >= 0.3 is 6.09 Å². The Hall–Kier alpha value is -1.78. The van der Waals surface area contributed by atoms with Crippen LogP contribution in [0, 0.1) is 0 Å². The number of pyridine rings is 1. The van der Waals surface area contributed by atoms with Crippen LogP contribution in [0.25, 0.3) is 0 Å². The molecule has 5 nitrogen and oxygen atoms in total. The van der Waals surface area contributed by atoms with Crippen LogP contribution in [0.2, 0.25) is 0 Å². The molecule has 1 saturated heterocycles. The number of aromatic nitrogens is 1. The Labute approximate surface area is 93.9 Å². The topological polar surface area (TPSA) is 79.5 Å². The monoisotopic (exact) mass is 221 g/mol. The molecular formula is C11H15N3O2. The highest BCUT2D eigenvalue weighted by atomic mass is 16.4. The van der Waals surface area contributed by atoms with Gasteiger partial charge in [0.25, 0.3) is 0 Å². The van der Waals surface area contributed by atoms with Crippen molar-refractivity contribution in [2.75, 3.05) is 18.8 Å². The first kappa shape index (κ1) is 10.7. The summed E-state index contributed by atoms with van der Waals surface area (Å²) in [5, 5.41) is 8.83. The van der Waals surface area contributed by atoms with Gasteiger partial charge in [-0.3, -0.25) is 0 Å². The van der Waals surface area contributed by atoms with E-state index in [1.54, 1.807) is 12.3 Å². The van der Waals surface area contributed by atoms with E-state index in [4.69, 9.17) is 10.8 Å². The van der Waals surface area contributed by atoms with Crippen molar-refractivity contribution in [3.63, 3.8) is 0 Å². The van der Waals surface area contributed by atoms with Crippen LogP contribution in [-0.2, 0) is 0 Å². The summed E-state index contributed by atoms with van der Waals surface area (Å²) in [5.41, 5.74) is 6.67. The molecule has 0 saturated carbocycles. The number of nitrogens with two attached hydrogens (primary N) is 1. The Morgan fingerprint density at radius 3 is 2.62 bits per heavy atom. The number of carboxylic acid groups (broad SMARTS) is 1. The quantitative estimate of drug-likeness (QED) is 0.753. The number of hydrogen-bond donors (Lipinski definition) is 2. The van der Waals surface area contributed by atoms with Crippen molar-refractivity contribution in [2.24, 2.45) is 0 Å². The standard InChI is InChI=1S/C11H15N3O2/c12-10-2-1-9(7-13-10)8-3-5-14(6-4-8)11(15)16/h1-2,7-8H,3-6H2,(H2,12,13)(H,15,16). The zero-order chi connectivity index (χ0) is 11.5. The fraction of sp³-hybridized carbons (Fsp3) is 0.455. The van der Waals surface area contributed by atoms with Crippen LogP contribution in [0.15, 0.2) is 18.3 Å². The van der Waals surface area contributed by atoms with E-state index in [1.807, 2.05) is 6.07 Å². The van der Waals surface area contributed by atoms with Crippen molar-refractivity contribution in [1.29, 1.82) is 0 Å². The largest absolute Gasteiger partial charge is 0.465 e. The number of anilines is 1. The molecule has 0 bridgehead atoms. The maximum Gasteiger partial charge on any atom is 0.407 e. The molecule has 1 aromatic rings. The Kier molecular flexibility index (Phi) is 2.94. The van der Waals surface area contributed by atoms with Crippen molar-refractivity contribution in [2.45, 2.75) is 18.8 Å². The van der Waals surface area contributed by atoms with Crippen LogP contribution >= 0.6 is 0 Å². The minimum absolute atomic E-state index is 0.406. The third-order valence-corrected chi connectivity index (χ3v) is 3.05. The van der Waals surface area contributed by atoms with E-state index in [1.165, 1.54) is 4.90 Å². The smallest absolute Gasteiger partial charge is 0.407 e. The molecule has 0 aromatic carbocycles. The lowest BCUT2D eigenvalue weighted by Gasteiger charge is -2.30. The first-order chi connectivity index (χ1) is 7.66. The maximum absolute atomic E-state index is 10.7. The van der Waals surface area contributed by atoms with E-state index in [0.717, 1.165) is 18.4 Å². The number of hydrogen-bond acceptors (Lipinski definition) is 3. The Balaban J connectivity index is 1.99. The average molecular weight is 221 g/mol. The first-order valence-electron chi connectivity index (χ1n) is 5.36. The second kappa shape index (κ2) is 4.38. The van der Waals surface area contributed by atoms with Gasteiger partial charge in [-0.25, -0.2) is 9.78 Å². The third-order valence-electron chi connectivity index (χ3n) is 3.05. The van der Waals surface area contributed by atoms with Gasteiger partial charge in [-0.2, -0.15) is 0 Å². The normalized spacial score (nSPS) is 17.4. The van der Waals surface area contributed by atoms with E-state index in [0.29, 0.717) is 24.8 Å². The summed E-state index contributed by atoms with van der Waals surface area (Å²) in [6.07, 6.45) is 2.68. The predicted molar refractivity (Wildman–Crippen MR) is 60.2 cm³/mol. The van der Waals surface area contributed by atoms with Crippen molar-refractivity contribution < 1.29 is 9.90 Å². The van der Waals surface area contributed by atoms with Gasteiger partial charge in [0.05, 0.1) is 0 Å². The Morgan fingerprint density at radius 2 is 2.12 bits per heavy atom. The fourth-order valence-electron chi connectivity index (χ4n) is 2.06. The highest BCUT2D eigenvalue weighted by molar-refractivity contribution is 5.65. The summed E-state index contributed by atoms with van der Waals surface area (Å²) in [6, 6.07) is 3.77. The number of nitrogen functional groups attached to an aromatic ring is 1. The summed E-state index contributed by atoms with van der Waals surface area (Å²) >= 11 is 0. The molecule has 1 fully saturated rings. The van der Waals surface area contributed by atoms with E-state index in [2.05, 4.69) is 4.98 Å². The summed E-state index contributed by atoms with van der Waals surface area (Å²) in [6.45, 7) is 1.20. The van der Waals surface area contributed by atoms with Gasteiger partial charge in [0, 0.05) is 19.3 Å². The lowest BCUT2D eigenvalue weighted by atomic mass is 9.91. The van der Waals surface area contributed by atoms with Crippen molar-refractivity contribution in [1.82, 2.24) is 9.88 Å². The van der Waals surface area contributed by atoms with Gasteiger partial charge in [0.15, 0.2) is 0 Å². The Morgan fingerprint density at radius 1 is 1.44 bits per heavy atom. The molecule has 3 N–H and O–H groups in total. The van der Waals surface area contributed by atoms with Crippen LogP contribution in [0.4, 0.5) is 10.6 Å². The SMILES string of the molecule is Nc1ccc(C2CCN(C(=O)O)CC2)cn1. The molecule has 2 rings (SSSR count). The van der Waals surface area contributed by atoms with Gasteiger partial charge in [0.2, 0.25) is 0 Å². The third kappa shape index (κ3) is 2.24. The van der Waals surface area contributed by atoms with Gasteiger partial charge in [-0.15, -0.1) is 0 Å². The average Bonchev–Trinajstić information content (AvgIpc) is 2.30. The van der Waals surface area contributed by atoms with Crippen molar-refractivity contribution in [3.05, 3.63) is 23.9 Å². The number of amides is 1. The van der Waals surface area contributed by atoms with Crippen LogP contribution in [0.5, 0.6) is 0 Å². The molecule has 86 valence electrons. The summed E-state index contributed by atoms with van der Waals surface area (Å²) in [7, 11) is 0. The van der Waals surface area contributed by atoms with E-state index < -0.39 is 6.09 Å². The predicted octanol–water partition coefficient (Wildman–Crippen LogP) is 1.52. The molecule has 1 aliphatic rings. The Bertz CT molecular complexity index is 369. The molecule has 0 unspecified atom stereocenters. The summed E-state index contributed by atoms with van der Waals surface area (Å²) in [5.74, 6) is 0.926. The number of rotatable bonds is 1. The second-order valence-electron chi connectivity index (χ2n) is 4.06. The summed E-state index contributed by atoms with van der Waals surface area (Å²) < 4.78 is 0. The number of carbonyl (C=O) groups is 1. The van der Waals surface area contributed by atoms with E-state index in [9.17, 15) is 4.79 Å². The number of piperidine rings is 1. The van der Waals surface area contributed by atoms with Gasteiger partial charge in [-0.05, 0) is 30.4 Å². The highest BCUT2D eigenvalue weighted by Gasteiger charge is 2.23. The van der Waals surface area contributed by atoms with Gasteiger partial charge in [-0.1, -0.05) is 6.07 Å². The van der Waals surface area contributed by atoms with Crippen LogP contribution < -0.4 is 5.73 Å². The molecule has 0 radical (unpaired) electrons. The molecule has 0 atom stereocenters. The number of likely N-dealkylation sites (tertiary alicyclic amines) is 1. The molecule has 16 heavy (non-hydrogen) atoms. The zero-order valence-electron chi connectivity index (χ0n) is 8.97. The fourth-order valence-corrected chi connectivity index (χ4v) is 2.06. The van der Waals surface area contributed by atoms with Crippen LogP contribution in [0.3, 0.4) is 0 Å². The molecule has 1 aliphatic heterocycles. The lowest BCUT2D eigenvalue weighted by Crippen LogP contribution is -2.36. The number of nitrogens with zero attached hydrogens (tertiary/aromatic N) is 2. The summed E-state index contributed by atoms with van der Waals surface area (Å²) in [4.78, 5) is 16.3. The van der Waals surface area contributed by atoms with Crippen LogP contribution in [-0.4, -0.2) is 34.2 Å². The molecule has 0 spiro atoms. The van der Waals surface area contributed by atoms with Gasteiger partial charge in [0.1, 0.15) is 5.82 Å². The van der Waals surface area contributed by atoms with Crippen molar-refractivity contribution in [3.8, 4) is 0 Å². The lowest BCUT2D eigenvalue weighted by molar-refractivity contribution is 0.132. The molecule has 1 amide bonds. The van der Waals surface area contributed by atoms with E-state index >= 15 is 0 Å². The molecule has 2 heterocycles. The molecule has 5 heteroatoms. The van der Waals surface area contributed by atoms with E-state index in [-0.39, 0.29) is 0 Å². The van der Waals surface area contributed by atoms with Crippen molar-refractivity contribution >= 4 is 11.9 Å². The second-order valence-corrected chi connectivity index (χ2v) is 4.06. The molecule has 0 aliphatic carbocycles. The minimum atomic E-state index is -0.825. The minimum Gasteiger partial charge on any atom is -0.465 e.